The van der Waals surface area contributed by atoms with E-state index < -0.39 is 0 Å². The highest BCUT2D eigenvalue weighted by atomic mass is 79.9. The third-order valence-corrected chi connectivity index (χ3v) is 2.24. The maximum Gasteiger partial charge on any atom is 0.133 e. The van der Waals surface area contributed by atoms with Crippen molar-refractivity contribution in [2.75, 3.05) is 20.3 Å². The molecule has 0 aromatic heterocycles. The summed E-state index contributed by atoms with van der Waals surface area (Å²) in [6.07, 6.45) is 0.915. The van der Waals surface area contributed by atoms with Gasteiger partial charge in [-0.05, 0) is 28.1 Å². The highest BCUT2D eigenvalue weighted by Gasteiger charge is 1.97. The van der Waals surface area contributed by atoms with E-state index in [1.54, 1.807) is 7.11 Å². The molecule has 3 heteroatoms. The Hall–Kier alpha value is -0.540. The van der Waals surface area contributed by atoms with E-state index in [1.165, 1.54) is 0 Å². The van der Waals surface area contributed by atoms with Crippen LogP contribution < -0.4 is 4.74 Å². The van der Waals surface area contributed by atoms with Crippen LogP contribution in [-0.4, -0.2) is 20.3 Å². The lowest BCUT2D eigenvalue weighted by Crippen LogP contribution is -2.01. The number of halogens is 1. The molecule has 0 radical (unpaired) electrons. The Balaban J connectivity index is 2.32. The summed E-state index contributed by atoms with van der Waals surface area (Å²) in [5, 5.41) is 0. The van der Waals surface area contributed by atoms with Crippen LogP contribution >= 0.6 is 15.9 Å². The largest absolute Gasteiger partial charge is 0.492 e. The van der Waals surface area contributed by atoms with Crippen LogP contribution in [0.5, 0.6) is 5.75 Å². The van der Waals surface area contributed by atoms with E-state index >= 15 is 0 Å². The van der Waals surface area contributed by atoms with Crippen molar-refractivity contribution in [1.82, 2.24) is 0 Å². The van der Waals surface area contributed by atoms with Gasteiger partial charge in [0.05, 0.1) is 11.1 Å². The van der Waals surface area contributed by atoms with Gasteiger partial charge in [-0.25, -0.2) is 0 Å². The smallest absolute Gasteiger partial charge is 0.133 e. The SMILES string of the molecule is COCCCOc1ccccc1Br. The van der Waals surface area contributed by atoms with Gasteiger partial charge in [-0.15, -0.1) is 0 Å². The average molecular weight is 245 g/mol. The molecular weight excluding hydrogens is 232 g/mol. The molecule has 0 N–H and O–H groups in total. The molecule has 0 saturated heterocycles. The van der Waals surface area contributed by atoms with Crippen LogP contribution in [0.2, 0.25) is 0 Å². The number of ether oxygens (including phenoxy) is 2. The summed E-state index contributed by atoms with van der Waals surface area (Å²) in [5.74, 6) is 0.888. The molecule has 0 amide bonds. The lowest BCUT2D eigenvalue weighted by Gasteiger charge is -2.06. The quantitative estimate of drug-likeness (QED) is 0.742. The van der Waals surface area contributed by atoms with Crippen molar-refractivity contribution >= 4 is 15.9 Å². The molecule has 1 rings (SSSR count). The Bertz CT molecular complexity index is 250. The van der Waals surface area contributed by atoms with Crippen molar-refractivity contribution < 1.29 is 9.47 Å². The first-order valence-corrected chi connectivity index (χ1v) is 5.00. The molecule has 72 valence electrons. The van der Waals surface area contributed by atoms with E-state index in [2.05, 4.69) is 15.9 Å². The highest BCUT2D eigenvalue weighted by molar-refractivity contribution is 9.10. The van der Waals surface area contributed by atoms with Crippen LogP contribution in [0.4, 0.5) is 0 Å². The number of hydrogen-bond acceptors (Lipinski definition) is 2. The molecule has 0 saturated carbocycles. The predicted octanol–water partition coefficient (Wildman–Crippen LogP) is 2.86. The van der Waals surface area contributed by atoms with Crippen LogP contribution in [0.1, 0.15) is 6.42 Å². The molecule has 0 bridgehead atoms. The van der Waals surface area contributed by atoms with Crippen LogP contribution in [0.3, 0.4) is 0 Å². The molecule has 2 nitrogen and oxygen atoms in total. The van der Waals surface area contributed by atoms with Crippen molar-refractivity contribution in [2.24, 2.45) is 0 Å². The molecule has 13 heavy (non-hydrogen) atoms. The van der Waals surface area contributed by atoms with Gasteiger partial charge in [0.2, 0.25) is 0 Å². The lowest BCUT2D eigenvalue weighted by molar-refractivity contribution is 0.172. The predicted molar refractivity (Wildman–Crippen MR) is 56.1 cm³/mol. The van der Waals surface area contributed by atoms with Gasteiger partial charge in [-0.1, -0.05) is 12.1 Å². The van der Waals surface area contributed by atoms with Gasteiger partial charge in [0.25, 0.3) is 0 Å². The van der Waals surface area contributed by atoms with Crippen LogP contribution in [0.25, 0.3) is 0 Å². The molecule has 0 heterocycles. The second-order valence-electron chi connectivity index (χ2n) is 2.63. The molecule has 0 fully saturated rings. The minimum atomic E-state index is 0.691. The Morgan fingerprint density at radius 1 is 1.23 bits per heavy atom. The molecule has 0 unspecified atom stereocenters. The van der Waals surface area contributed by atoms with E-state index in [0.29, 0.717) is 6.61 Å². The third kappa shape index (κ3) is 3.79. The highest BCUT2D eigenvalue weighted by Crippen LogP contribution is 2.23. The topological polar surface area (TPSA) is 18.5 Å². The number of rotatable bonds is 5. The summed E-state index contributed by atoms with van der Waals surface area (Å²) in [7, 11) is 1.69. The first kappa shape index (κ1) is 10.5. The summed E-state index contributed by atoms with van der Waals surface area (Å²) < 4.78 is 11.4. The molecule has 0 aliphatic heterocycles. The van der Waals surface area contributed by atoms with E-state index in [9.17, 15) is 0 Å². The number of methoxy groups -OCH3 is 1. The summed E-state index contributed by atoms with van der Waals surface area (Å²) >= 11 is 3.41. The van der Waals surface area contributed by atoms with Gasteiger partial charge in [0, 0.05) is 20.1 Å². The fourth-order valence-corrected chi connectivity index (χ4v) is 1.35. The van der Waals surface area contributed by atoms with Crippen LogP contribution in [0.15, 0.2) is 28.7 Å². The molecule has 0 spiro atoms. The van der Waals surface area contributed by atoms with Crippen molar-refractivity contribution in [3.8, 4) is 5.75 Å². The molecular formula is C10H13BrO2. The fraction of sp³-hybridized carbons (Fsp3) is 0.400. The molecule has 1 aromatic carbocycles. The average Bonchev–Trinajstić information content (AvgIpc) is 2.15. The maximum absolute atomic E-state index is 5.51. The van der Waals surface area contributed by atoms with Crippen molar-refractivity contribution in [1.29, 1.82) is 0 Å². The maximum atomic E-state index is 5.51. The van der Waals surface area contributed by atoms with Crippen LogP contribution in [-0.2, 0) is 4.74 Å². The van der Waals surface area contributed by atoms with Gasteiger partial charge in [0.1, 0.15) is 5.75 Å². The first-order chi connectivity index (χ1) is 6.34. The third-order valence-electron chi connectivity index (χ3n) is 1.59. The zero-order valence-corrected chi connectivity index (χ0v) is 9.21. The van der Waals surface area contributed by atoms with E-state index in [0.717, 1.165) is 23.2 Å². The molecule has 1 aromatic rings. The van der Waals surface area contributed by atoms with E-state index in [4.69, 9.17) is 9.47 Å². The van der Waals surface area contributed by atoms with Crippen molar-refractivity contribution in [2.45, 2.75) is 6.42 Å². The standard InChI is InChI=1S/C10H13BrO2/c1-12-7-4-8-13-10-6-3-2-5-9(10)11/h2-3,5-6H,4,7-8H2,1H3. The zero-order valence-electron chi connectivity index (χ0n) is 7.63. The first-order valence-electron chi connectivity index (χ1n) is 4.21. The summed E-state index contributed by atoms with van der Waals surface area (Å²) in [4.78, 5) is 0. The lowest BCUT2D eigenvalue weighted by atomic mass is 10.3. The van der Waals surface area contributed by atoms with Gasteiger partial charge in [-0.2, -0.15) is 0 Å². The Kier molecular flexibility index (Phi) is 4.86. The fourth-order valence-electron chi connectivity index (χ4n) is 0.947. The zero-order chi connectivity index (χ0) is 9.52. The van der Waals surface area contributed by atoms with Gasteiger partial charge < -0.3 is 9.47 Å². The van der Waals surface area contributed by atoms with Gasteiger partial charge in [-0.3, -0.25) is 0 Å². The summed E-state index contributed by atoms with van der Waals surface area (Å²) in [6, 6.07) is 7.82. The van der Waals surface area contributed by atoms with E-state index in [1.807, 2.05) is 24.3 Å². The van der Waals surface area contributed by atoms with Gasteiger partial charge >= 0.3 is 0 Å². The minimum absolute atomic E-state index is 0.691. The second-order valence-corrected chi connectivity index (χ2v) is 3.48. The summed E-state index contributed by atoms with van der Waals surface area (Å²) in [6.45, 7) is 1.43. The van der Waals surface area contributed by atoms with Crippen molar-refractivity contribution in [3.63, 3.8) is 0 Å². The van der Waals surface area contributed by atoms with E-state index in [-0.39, 0.29) is 0 Å². The molecule has 0 atom stereocenters. The Labute approximate surface area is 87.0 Å². The Morgan fingerprint density at radius 2 is 2.00 bits per heavy atom. The normalized spacial score (nSPS) is 10.0. The minimum Gasteiger partial charge on any atom is -0.492 e. The summed E-state index contributed by atoms with van der Waals surface area (Å²) in [5.41, 5.74) is 0. The Morgan fingerprint density at radius 3 is 2.69 bits per heavy atom. The monoisotopic (exact) mass is 244 g/mol. The number of para-hydroxylation sites is 1. The van der Waals surface area contributed by atoms with Crippen LogP contribution in [0, 0.1) is 0 Å². The van der Waals surface area contributed by atoms with Crippen molar-refractivity contribution in [3.05, 3.63) is 28.7 Å². The second kappa shape index (κ2) is 6.00. The molecule has 0 aliphatic rings. The number of hydrogen-bond donors (Lipinski definition) is 0. The number of benzene rings is 1. The van der Waals surface area contributed by atoms with Gasteiger partial charge in [0.15, 0.2) is 0 Å². The molecule has 0 aliphatic carbocycles.